The topological polar surface area (TPSA) is 97.3 Å². The monoisotopic (exact) mass is 484 g/mol. The molecule has 0 saturated carbocycles. The summed E-state index contributed by atoms with van der Waals surface area (Å²) in [4.78, 5) is 28.6. The van der Waals surface area contributed by atoms with Gasteiger partial charge in [-0.15, -0.1) is 0 Å². The second kappa shape index (κ2) is 11.3. The molecule has 8 nitrogen and oxygen atoms in total. The van der Waals surface area contributed by atoms with Gasteiger partial charge in [-0.1, -0.05) is 0 Å². The molecule has 0 bridgehead atoms. The molecule has 0 rings (SSSR count). The largest absolute Gasteiger partial charge is 0.444 e. The lowest BCUT2D eigenvalue weighted by molar-refractivity contribution is -0.264. The Hall–Kier alpha value is -1.96. The number of rotatable bonds is 8. The maximum Gasteiger partial charge on any atom is 0.435 e. The van der Waals surface area contributed by atoms with E-state index in [0.29, 0.717) is 0 Å². The van der Waals surface area contributed by atoms with Crippen molar-refractivity contribution in [3.05, 3.63) is 0 Å². The summed E-state index contributed by atoms with van der Waals surface area (Å²) >= 11 is 0. The number of hydrogen-bond donors (Lipinski definition) is 2. The number of carbonyl (C=O) groups is 2. The predicted molar refractivity (Wildman–Crippen MR) is 99.4 cm³/mol. The van der Waals surface area contributed by atoms with Crippen molar-refractivity contribution in [2.75, 3.05) is 13.2 Å². The average molecular weight is 484 g/mol. The van der Waals surface area contributed by atoms with E-state index < -0.39 is 73.9 Å². The Morgan fingerprint density at radius 2 is 1.38 bits per heavy atom. The van der Waals surface area contributed by atoms with Gasteiger partial charge in [0.25, 0.3) is 0 Å². The minimum absolute atomic E-state index is 0.248. The van der Waals surface area contributed by atoms with Crippen LogP contribution in [0.5, 0.6) is 0 Å². The van der Waals surface area contributed by atoms with Crippen LogP contribution in [0.3, 0.4) is 0 Å². The van der Waals surface area contributed by atoms with Crippen LogP contribution >= 0.6 is 0 Å². The molecule has 0 aliphatic rings. The molecule has 0 spiro atoms. The van der Waals surface area contributed by atoms with Crippen LogP contribution < -0.4 is 5.32 Å². The maximum atomic E-state index is 13.4. The number of aliphatic hydroxyl groups is 1. The summed E-state index contributed by atoms with van der Waals surface area (Å²) in [6, 6.07) is -5.20. The fourth-order valence-corrected chi connectivity index (χ4v) is 2.15. The van der Waals surface area contributed by atoms with Crippen molar-refractivity contribution in [1.82, 2.24) is 10.4 Å². The van der Waals surface area contributed by atoms with E-state index in [-0.39, 0.29) is 5.06 Å². The molecule has 0 radical (unpaired) electrons. The highest BCUT2D eigenvalue weighted by atomic mass is 19.4. The third-order valence-corrected chi connectivity index (χ3v) is 3.36. The van der Waals surface area contributed by atoms with Crippen LogP contribution in [0.4, 0.5) is 35.9 Å². The lowest BCUT2D eigenvalue weighted by Crippen LogP contribution is -2.52. The second-order valence-corrected chi connectivity index (χ2v) is 8.74. The molecule has 0 aromatic rings. The van der Waals surface area contributed by atoms with Gasteiger partial charge in [0.05, 0.1) is 6.61 Å². The van der Waals surface area contributed by atoms with E-state index in [1.54, 1.807) is 5.32 Å². The summed E-state index contributed by atoms with van der Waals surface area (Å²) in [7, 11) is 0. The average Bonchev–Trinajstić information content (AvgIpc) is 2.50. The number of nitrogens with one attached hydrogen (secondary N) is 1. The van der Waals surface area contributed by atoms with Crippen LogP contribution in [0.25, 0.3) is 0 Å². The van der Waals surface area contributed by atoms with E-state index in [2.05, 4.69) is 0 Å². The number of hydrogen-bond acceptors (Lipinski definition) is 6. The molecular weight excluding hydrogens is 454 g/mol. The summed E-state index contributed by atoms with van der Waals surface area (Å²) in [5.41, 5.74) is -2.32. The molecule has 0 heterocycles. The van der Waals surface area contributed by atoms with E-state index in [9.17, 15) is 35.9 Å². The number of nitrogens with zero attached hydrogens (tertiary/aromatic N) is 1. The summed E-state index contributed by atoms with van der Waals surface area (Å²) in [5, 5.41) is 10.3. The smallest absolute Gasteiger partial charge is 0.435 e. The van der Waals surface area contributed by atoms with Gasteiger partial charge in [-0.2, -0.15) is 31.4 Å². The lowest BCUT2D eigenvalue weighted by Gasteiger charge is -2.33. The zero-order chi connectivity index (χ0) is 25.5. The van der Waals surface area contributed by atoms with Crippen molar-refractivity contribution >= 4 is 12.2 Å². The standard InChI is InChI=1S/C18H30F6N2O6/c1-15(2,3)31-13(28)25-11(17(19,20)21)8-10-30-26(14(29)32-16(4,5)6)12(7-9-27)18(22,23)24/h11-12,27H,7-10H2,1-6H3,(H,25,28). The molecule has 0 aromatic carbocycles. The van der Waals surface area contributed by atoms with E-state index in [0.717, 1.165) is 0 Å². The zero-order valence-electron chi connectivity index (χ0n) is 18.7. The SMILES string of the molecule is CC(C)(C)OC(=O)NC(CCON(C(=O)OC(C)(C)C)C(CCO)C(F)(F)F)C(F)(F)F. The first-order valence-corrected chi connectivity index (χ1v) is 9.56. The lowest BCUT2D eigenvalue weighted by atomic mass is 10.2. The summed E-state index contributed by atoms with van der Waals surface area (Å²) in [6.07, 6.45) is -15.1. The van der Waals surface area contributed by atoms with Crippen molar-refractivity contribution in [2.24, 2.45) is 0 Å². The summed E-state index contributed by atoms with van der Waals surface area (Å²) in [6.45, 7) is 6.34. The molecular formula is C18H30F6N2O6. The number of ether oxygens (including phenoxy) is 2. The van der Waals surface area contributed by atoms with Crippen LogP contribution in [-0.4, -0.2) is 71.2 Å². The molecule has 32 heavy (non-hydrogen) atoms. The van der Waals surface area contributed by atoms with Gasteiger partial charge in [-0.25, -0.2) is 9.59 Å². The van der Waals surface area contributed by atoms with Gasteiger partial charge in [0.2, 0.25) is 0 Å². The van der Waals surface area contributed by atoms with Crippen LogP contribution in [0.15, 0.2) is 0 Å². The second-order valence-electron chi connectivity index (χ2n) is 8.74. The number of amides is 2. The van der Waals surface area contributed by atoms with Gasteiger partial charge >= 0.3 is 24.5 Å². The number of carbonyl (C=O) groups excluding carboxylic acids is 2. The van der Waals surface area contributed by atoms with E-state index >= 15 is 0 Å². The molecule has 0 aliphatic heterocycles. The molecule has 0 aliphatic carbocycles. The van der Waals surface area contributed by atoms with Crippen molar-refractivity contribution in [3.63, 3.8) is 0 Å². The maximum absolute atomic E-state index is 13.4. The fraction of sp³-hybridized carbons (Fsp3) is 0.889. The Morgan fingerprint density at radius 3 is 1.75 bits per heavy atom. The van der Waals surface area contributed by atoms with Crippen molar-refractivity contribution in [1.29, 1.82) is 0 Å². The van der Waals surface area contributed by atoms with Crippen molar-refractivity contribution in [3.8, 4) is 0 Å². The zero-order valence-corrected chi connectivity index (χ0v) is 18.7. The number of halogens is 6. The Labute approximate surface area is 182 Å². The third kappa shape index (κ3) is 12.2. The molecule has 0 aromatic heterocycles. The minimum atomic E-state index is -5.07. The minimum Gasteiger partial charge on any atom is -0.444 e. The van der Waals surface area contributed by atoms with Crippen LogP contribution in [-0.2, 0) is 14.3 Å². The quantitative estimate of drug-likeness (QED) is 0.394. The molecule has 190 valence electrons. The molecule has 0 saturated heterocycles. The molecule has 2 N–H and O–H groups in total. The van der Waals surface area contributed by atoms with Gasteiger partial charge in [-0.3, -0.25) is 4.84 Å². The number of aliphatic hydroxyl groups excluding tert-OH is 1. The van der Waals surface area contributed by atoms with E-state index in [4.69, 9.17) is 19.4 Å². The third-order valence-electron chi connectivity index (χ3n) is 3.36. The Kier molecular flexibility index (Phi) is 10.6. The first-order chi connectivity index (χ1) is 14.2. The van der Waals surface area contributed by atoms with Crippen molar-refractivity contribution < 1.29 is 55.3 Å². The van der Waals surface area contributed by atoms with Crippen LogP contribution in [0, 0.1) is 0 Å². The Morgan fingerprint density at radius 1 is 0.875 bits per heavy atom. The Bertz CT molecular complexity index is 613. The number of alkyl carbamates (subject to hydrolysis) is 1. The molecule has 14 heteroatoms. The van der Waals surface area contributed by atoms with E-state index in [1.165, 1.54) is 41.5 Å². The Balaban J connectivity index is 5.49. The summed E-state index contributed by atoms with van der Waals surface area (Å²) in [5.74, 6) is 0. The van der Waals surface area contributed by atoms with Gasteiger partial charge in [0.1, 0.15) is 17.2 Å². The van der Waals surface area contributed by atoms with Gasteiger partial charge in [-0.05, 0) is 41.5 Å². The van der Waals surface area contributed by atoms with Crippen LogP contribution in [0.2, 0.25) is 0 Å². The number of hydroxylamine groups is 2. The van der Waals surface area contributed by atoms with E-state index in [1.807, 2.05) is 0 Å². The first kappa shape index (κ1) is 30.0. The molecule has 0 fully saturated rings. The van der Waals surface area contributed by atoms with Crippen molar-refractivity contribution in [2.45, 2.75) is 90.0 Å². The molecule has 2 unspecified atom stereocenters. The highest BCUT2D eigenvalue weighted by molar-refractivity contribution is 5.68. The fourth-order valence-electron chi connectivity index (χ4n) is 2.15. The van der Waals surface area contributed by atoms with Gasteiger partial charge < -0.3 is 19.9 Å². The van der Waals surface area contributed by atoms with Gasteiger partial charge in [0, 0.05) is 19.4 Å². The van der Waals surface area contributed by atoms with Gasteiger partial charge in [0.15, 0.2) is 6.04 Å². The highest BCUT2D eigenvalue weighted by Gasteiger charge is 2.48. The normalized spacial score (nSPS) is 15.0. The number of alkyl halides is 6. The first-order valence-electron chi connectivity index (χ1n) is 9.56. The summed E-state index contributed by atoms with van der Waals surface area (Å²) < 4.78 is 89.4. The molecule has 2 amide bonds. The predicted octanol–water partition coefficient (Wildman–Crippen LogP) is 4.31. The molecule has 2 atom stereocenters. The van der Waals surface area contributed by atoms with Crippen LogP contribution in [0.1, 0.15) is 54.4 Å². The highest BCUT2D eigenvalue weighted by Crippen LogP contribution is 2.29.